The number of anilines is 1. The van der Waals surface area contributed by atoms with Crippen LogP contribution in [0.3, 0.4) is 0 Å². The summed E-state index contributed by atoms with van der Waals surface area (Å²) in [6.07, 6.45) is 3.70. The number of hydrogen-bond donors (Lipinski definition) is 0. The maximum Gasteiger partial charge on any atom is 0.306 e. The van der Waals surface area contributed by atoms with Gasteiger partial charge in [0.2, 0.25) is 0 Å². The molecule has 1 aliphatic rings. The molecule has 1 aliphatic heterocycles. The van der Waals surface area contributed by atoms with Crippen molar-refractivity contribution in [2.24, 2.45) is 7.05 Å². The van der Waals surface area contributed by atoms with Crippen molar-refractivity contribution in [3.05, 3.63) is 22.7 Å². The third kappa shape index (κ3) is 3.36. The van der Waals surface area contributed by atoms with Crippen LogP contribution in [0.4, 0.5) is 5.82 Å². The van der Waals surface area contributed by atoms with Crippen molar-refractivity contribution in [1.29, 1.82) is 0 Å². The first-order chi connectivity index (χ1) is 9.61. The van der Waals surface area contributed by atoms with E-state index in [9.17, 15) is 9.59 Å². The Morgan fingerprint density at radius 3 is 2.70 bits per heavy atom. The van der Waals surface area contributed by atoms with Gasteiger partial charge in [0.05, 0.1) is 13.5 Å². The molecule has 0 saturated carbocycles. The minimum Gasteiger partial charge on any atom is -0.469 e. The maximum atomic E-state index is 12.0. The molecule has 0 atom stereocenters. The first-order valence-corrected chi connectivity index (χ1v) is 6.67. The highest BCUT2D eigenvalue weighted by Crippen LogP contribution is 2.08. The summed E-state index contributed by atoms with van der Waals surface area (Å²) in [6.45, 7) is 3.81. The van der Waals surface area contributed by atoms with Crippen molar-refractivity contribution in [2.45, 2.75) is 6.42 Å². The van der Waals surface area contributed by atoms with E-state index in [0.717, 1.165) is 26.2 Å². The largest absolute Gasteiger partial charge is 0.469 e. The molecule has 1 aromatic rings. The zero-order chi connectivity index (χ0) is 14.5. The summed E-state index contributed by atoms with van der Waals surface area (Å²) >= 11 is 0. The lowest BCUT2D eigenvalue weighted by Crippen LogP contribution is -2.49. The fourth-order valence-corrected chi connectivity index (χ4v) is 2.24. The number of methoxy groups -OCH3 is 1. The third-order valence-electron chi connectivity index (χ3n) is 3.53. The number of carbonyl (C=O) groups excluding carboxylic acids is 1. The van der Waals surface area contributed by atoms with E-state index >= 15 is 0 Å². The topological polar surface area (TPSA) is 67.7 Å². The first kappa shape index (κ1) is 14.5. The molecule has 2 heterocycles. The maximum absolute atomic E-state index is 12.0. The van der Waals surface area contributed by atoms with Crippen LogP contribution in [0.25, 0.3) is 0 Å². The molecule has 0 unspecified atom stereocenters. The Labute approximate surface area is 117 Å². The molecule has 110 valence electrons. The Kier molecular flexibility index (Phi) is 4.73. The standard InChI is InChI=1S/C13H20N4O3/c1-15-6-4-14-12(13(15)19)17-9-7-16(8-10-17)5-3-11(18)20-2/h4,6H,3,5,7-10H2,1-2H3. The van der Waals surface area contributed by atoms with Crippen molar-refractivity contribution in [2.75, 3.05) is 44.7 Å². The van der Waals surface area contributed by atoms with Gasteiger partial charge in [0.25, 0.3) is 5.56 Å². The van der Waals surface area contributed by atoms with Crippen LogP contribution in [0.15, 0.2) is 17.2 Å². The molecule has 0 bridgehead atoms. The van der Waals surface area contributed by atoms with Gasteiger partial charge >= 0.3 is 5.97 Å². The molecule has 0 radical (unpaired) electrons. The molecule has 0 aliphatic carbocycles. The predicted molar refractivity (Wildman–Crippen MR) is 74.8 cm³/mol. The predicted octanol–water partition coefficient (Wildman–Crippen LogP) is -0.535. The number of hydrogen-bond acceptors (Lipinski definition) is 6. The van der Waals surface area contributed by atoms with E-state index in [1.165, 1.54) is 11.7 Å². The van der Waals surface area contributed by atoms with Crippen LogP contribution < -0.4 is 10.5 Å². The summed E-state index contributed by atoms with van der Waals surface area (Å²) in [5, 5.41) is 0. The van der Waals surface area contributed by atoms with Gasteiger partial charge in [-0.1, -0.05) is 0 Å². The fraction of sp³-hybridized carbons (Fsp3) is 0.615. The zero-order valence-electron chi connectivity index (χ0n) is 11.9. The van der Waals surface area contributed by atoms with Gasteiger partial charge in [-0.2, -0.15) is 0 Å². The number of ether oxygens (including phenoxy) is 1. The molecule has 1 fully saturated rings. The molecule has 0 aromatic carbocycles. The molecule has 2 rings (SSSR count). The second-order valence-electron chi connectivity index (χ2n) is 4.82. The number of carbonyl (C=O) groups is 1. The van der Waals surface area contributed by atoms with E-state index in [1.807, 2.05) is 4.90 Å². The van der Waals surface area contributed by atoms with Crippen molar-refractivity contribution in [3.8, 4) is 0 Å². The summed E-state index contributed by atoms with van der Waals surface area (Å²) in [5.74, 6) is 0.314. The average Bonchev–Trinajstić information content (AvgIpc) is 2.48. The lowest BCUT2D eigenvalue weighted by Gasteiger charge is -2.34. The van der Waals surface area contributed by atoms with Gasteiger partial charge in [0.1, 0.15) is 0 Å². The molecule has 0 spiro atoms. The molecular formula is C13H20N4O3. The monoisotopic (exact) mass is 280 g/mol. The number of nitrogens with zero attached hydrogens (tertiary/aromatic N) is 4. The zero-order valence-corrected chi connectivity index (χ0v) is 11.9. The fourth-order valence-electron chi connectivity index (χ4n) is 2.24. The third-order valence-corrected chi connectivity index (χ3v) is 3.53. The lowest BCUT2D eigenvalue weighted by atomic mass is 10.3. The van der Waals surface area contributed by atoms with Gasteiger partial charge in [-0.15, -0.1) is 0 Å². The van der Waals surface area contributed by atoms with E-state index in [-0.39, 0.29) is 11.5 Å². The second kappa shape index (κ2) is 6.51. The van der Waals surface area contributed by atoms with Crippen molar-refractivity contribution < 1.29 is 9.53 Å². The van der Waals surface area contributed by atoms with E-state index in [1.54, 1.807) is 19.4 Å². The van der Waals surface area contributed by atoms with Gasteiger partial charge in [-0.25, -0.2) is 4.98 Å². The minimum absolute atomic E-state index is 0.0736. The van der Waals surface area contributed by atoms with Crippen LogP contribution in [0.2, 0.25) is 0 Å². The molecular weight excluding hydrogens is 260 g/mol. The highest BCUT2D eigenvalue weighted by Gasteiger charge is 2.20. The summed E-state index contributed by atoms with van der Waals surface area (Å²) < 4.78 is 6.16. The van der Waals surface area contributed by atoms with Crippen molar-refractivity contribution in [1.82, 2.24) is 14.5 Å². The summed E-state index contributed by atoms with van der Waals surface area (Å²) in [5.41, 5.74) is -0.0736. The van der Waals surface area contributed by atoms with E-state index in [2.05, 4.69) is 14.6 Å². The van der Waals surface area contributed by atoms with E-state index < -0.39 is 0 Å². The van der Waals surface area contributed by atoms with Crippen LogP contribution in [0.5, 0.6) is 0 Å². The number of rotatable bonds is 4. The van der Waals surface area contributed by atoms with Crippen molar-refractivity contribution >= 4 is 11.8 Å². The van der Waals surface area contributed by atoms with Gasteiger partial charge in [0.15, 0.2) is 5.82 Å². The molecule has 0 N–H and O–H groups in total. The summed E-state index contributed by atoms with van der Waals surface area (Å²) in [6, 6.07) is 0. The average molecular weight is 280 g/mol. The first-order valence-electron chi connectivity index (χ1n) is 6.67. The van der Waals surface area contributed by atoms with Crippen molar-refractivity contribution in [3.63, 3.8) is 0 Å². The normalized spacial score (nSPS) is 16.2. The molecule has 1 saturated heterocycles. The number of piperazine rings is 1. The number of esters is 1. The smallest absolute Gasteiger partial charge is 0.306 e. The summed E-state index contributed by atoms with van der Waals surface area (Å²) in [7, 11) is 3.12. The number of aromatic nitrogens is 2. The molecule has 1 aromatic heterocycles. The Morgan fingerprint density at radius 2 is 2.05 bits per heavy atom. The Balaban J connectivity index is 1.89. The van der Waals surface area contributed by atoms with Gasteiger partial charge in [-0.05, 0) is 0 Å². The second-order valence-corrected chi connectivity index (χ2v) is 4.82. The van der Waals surface area contributed by atoms with Gasteiger partial charge in [-0.3, -0.25) is 14.5 Å². The SMILES string of the molecule is COC(=O)CCN1CCN(c2nccn(C)c2=O)CC1. The van der Waals surface area contributed by atoms with E-state index in [4.69, 9.17) is 0 Å². The van der Waals surface area contributed by atoms with Crippen LogP contribution in [-0.4, -0.2) is 60.3 Å². The van der Waals surface area contributed by atoms with Gasteiger partial charge in [0, 0.05) is 52.2 Å². The van der Waals surface area contributed by atoms with Crippen LogP contribution in [0, 0.1) is 0 Å². The molecule has 7 heteroatoms. The van der Waals surface area contributed by atoms with Gasteiger partial charge < -0.3 is 14.2 Å². The lowest BCUT2D eigenvalue weighted by molar-refractivity contribution is -0.141. The molecule has 20 heavy (non-hydrogen) atoms. The van der Waals surface area contributed by atoms with Crippen LogP contribution in [0.1, 0.15) is 6.42 Å². The Hall–Kier alpha value is -1.89. The van der Waals surface area contributed by atoms with Crippen LogP contribution in [-0.2, 0) is 16.6 Å². The van der Waals surface area contributed by atoms with Crippen LogP contribution >= 0.6 is 0 Å². The Bertz CT molecular complexity index is 521. The quantitative estimate of drug-likeness (QED) is 0.690. The molecule has 0 amide bonds. The van der Waals surface area contributed by atoms with E-state index in [0.29, 0.717) is 18.8 Å². The Morgan fingerprint density at radius 1 is 1.35 bits per heavy atom. The minimum atomic E-state index is -0.189. The summed E-state index contributed by atoms with van der Waals surface area (Å²) in [4.78, 5) is 31.5. The molecule has 7 nitrogen and oxygen atoms in total. The highest BCUT2D eigenvalue weighted by molar-refractivity contribution is 5.69. The number of aryl methyl sites for hydroxylation is 1. The highest BCUT2D eigenvalue weighted by atomic mass is 16.5.